The molecular weight excluding hydrogens is 192 g/mol. The number of carboxylic acids is 1. The molecule has 0 aliphatic rings. The molecule has 1 rings (SSSR count). The molecule has 0 amide bonds. The van der Waals surface area contributed by atoms with Crippen LogP contribution >= 0.6 is 0 Å². The Kier molecular flexibility index (Phi) is 4.06. The van der Waals surface area contributed by atoms with E-state index in [2.05, 4.69) is 6.58 Å². The first kappa shape index (κ1) is 11.5. The molecule has 0 radical (unpaired) electrons. The van der Waals surface area contributed by atoms with Crippen molar-refractivity contribution < 1.29 is 15.0 Å². The van der Waals surface area contributed by atoms with Gasteiger partial charge in [0.1, 0.15) is 0 Å². The Balaban J connectivity index is 2.85. The maximum Gasteiger partial charge on any atom is 0.309 e. The molecule has 3 heteroatoms. The molecule has 0 aromatic heterocycles. The zero-order chi connectivity index (χ0) is 11.3. The van der Waals surface area contributed by atoms with Crippen molar-refractivity contribution in [1.82, 2.24) is 0 Å². The van der Waals surface area contributed by atoms with Gasteiger partial charge >= 0.3 is 5.97 Å². The lowest BCUT2D eigenvalue weighted by Gasteiger charge is -2.17. The molecule has 0 saturated carbocycles. The van der Waals surface area contributed by atoms with Gasteiger partial charge in [-0.25, -0.2) is 0 Å². The molecule has 15 heavy (non-hydrogen) atoms. The van der Waals surface area contributed by atoms with E-state index in [1.807, 2.05) is 6.07 Å². The third-order valence-electron chi connectivity index (χ3n) is 2.26. The Morgan fingerprint density at radius 1 is 1.40 bits per heavy atom. The Morgan fingerprint density at radius 3 is 2.47 bits per heavy atom. The summed E-state index contributed by atoms with van der Waals surface area (Å²) in [6.45, 7) is 3.48. The number of aliphatic hydroxyl groups is 1. The van der Waals surface area contributed by atoms with Crippen LogP contribution in [0, 0.1) is 5.92 Å². The van der Waals surface area contributed by atoms with Gasteiger partial charge in [0.25, 0.3) is 0 Å². The molecule has 1 aromatic carbocycles. The van der Waals surface area contributed by atoms with Gasteiger partial charge in [0.05, 0.1) is 12.0 Å². The van der Waals surface area contributed by atoms with E-state index < -0.39 is 18.0 Å². The Bertz CT molecular complexity index is 332. The van der Waals surface area contributed by atoms with Gasteiger partial charge < -0.3 is 10.2 Å². The monoisotopic (exact) mass is 206 g/mol. The Hall–Kier alpha value is -1.61. The number of allylic oxidation sites excluding steroid dienone is 1. The lowest BCUT2D eigenvalue weighted by molar-refractivity contribution is -0.145. The van der Waals surface area contributed by atoms with Crippen LogP contribution in [0.4, 0.5) is 0 Å². The molecule has 0 bridgehead atoms. The smallest absolute Gasteiger partial charge is 0.309 e. The highest BCUT2D eigenvalue weighted by Gasteiger charge is 2.26. The number of rotatable bonds is 5. The highest BCUT2D eigenvalue weighted by molar-refractivity contribution is 5.71. The summed E-state index contributed by atoms with van der Waals surface area (Å²) in [5.41, 5.74) is 0.617. The molecule has 0 aliphatic heterocycles. The zero-order valence-electron chi connectivity index (χ0n) is 8.34. The molecule has 2 N–H and O–H groups in total. The molecule has 0 fully saturated rings. The number of benzene rings is 1. The molecular formula is C12H14O3. The van der Waals surface area contributed by atoms with Crippen molar-refractivity contribution in [2.75, 3.05) is 0 Å². The molecule has 0 saturated heterocycles. The first-order valence-corrected chi connectivity index (χ1v) is 4.73. The summed E-state index contributed by atoms with van der Waals surface area (Å²) >= 11 is 0. The van der Waals surface area contributed by atoms with Gasteiger partial charge in [0.15, 0.2) is 0 Å². The molecule has 2 atom stereocenters. The molecule has 0 heterocycles. The molecule has 1 aromatic rings. The van der Waals surface area contributed by atoms with E-state index in [-0.39, 0.29) is 6.42 Å². The Labute approximate surface area is 88.7 Å². The standard InChI is InChI=1S/C12H14O3/c1-2-6-10(12(14)15)11(13)9-7-4-3-5-8-9/h2-5,7-8,10-11,13H,1,6H2,(H,14,15)/t10-,11+/m1/s1. The van der Waals surface area contributed by atoms with Crippen LogP contribution < -0.4 is 0 Å². The lowest BCUT2D eigenvalue weighted by atomic mass is 9.93. The number of aliphatic hydroxyl groups excluding tert-OH is 1. The van der Waals surface area contributed by atoms with E-state index in [0.717, 1.165) is 0 Å². The fourth-order valence-electron chi connectivity index (χ4n) is 1.43. The van der Waals surface area contributed by atoms with Crippen LogP contribution in [-0.4, -0.2) is 16.2 Å². The normalized spacial score (nSPS) is 14.2. The molecule has 0 unspecified atom stereocenters. The van der Waals surface area contributed by atoms with Gasteiger partial charge in [-0.1, -0.05) is 36.4 Å². The first-order valence-electron chi connectivity index (χ1n) is 4.73. The summed E-state index contributed by atoms with van der Waals surface area (Å²) in [4.78, 5) is 10.9. The minimum atomic E-state index is -1.01. The SMILES string of the molecule is C=CC[C@@H](C(=O)O)[C@@H](O)c1ccccc1. The summed E-state index contributed by atoms with van der Waals surface area (Å²) in [6, 6.07) is 8.78. The quantitative estimate of drug-likeness (QED) is 0.724. The highest BCUT2D eigenvalue weighted by Crippen LogP contribution is 2.24. The summed E-state index contributed by atoms with van der Waals surface area (Å²) in [5.74, 6) is -1.84. The molecule has 0 aliphatic carbocycles. The van der Waals surface area contributed by atoms with Crippen LogP contribution in [0.15, 0.2) is 43.0 Å². The molecule has 80 valence electrons. The van der Waals surface area contributed by atoms with Crippen LogP contribution in [0.2, 0.25) is 0 Å². The molecule has 0 spiro atoms. The fourth-order valence-corrected chi connectivity index (χ4v) is 1.43. The topological polar surface area (TPSA) is 57.5 Å². The second-order valence-electron chi connectivity index (χ2n) is 3.32. The predicted molar refractivity (Wildman–Crippen MR) is 57.3 cm³/mol. The van der Waals surface area contributed by atoms with Gasteiger partial charge in [-0.05, 0) is 12.0 Å². The van der Waals surface area contributed by atoms with E-state index in [1.54, 1.807) is 24.3 Å². The average Bonchev–Trinajstić information content (AvgIpc) is 2.26. The zero-order valence-corrected chi connectivity index (χ0v) is 8.34. The minimum Gasteiger partial charge on any atom is -0.481 e. The van der Waals surface area contributed by atoms with Gasteiger partial charge in [-0.2, -0.15) is 0 Å². The first-order chi connectivity index (χ1) is 7.16. The van der Waals surface area contributed by atoms with Crippen LogP contribution in [0.1, 0.15) is 18.1 Å². The second-order valence-corrected chi connectivity index (χ2v) is 3.32. The van der Waals surface area contributed by atoms with E-state index in [1.165, 1.54) is 6.08 Å². The van der Waals surface area contributed by atoms with Gasteiger partial charge in [0, 0.05) is 0 Å². The van der Waals surface area contributed by atoms with E-state index >= 15 is 0 Å². The molecule has 3 nitrogen and oxygen atoms in total. The number of aliphatic carboxylic acids is 1. The summed E-state index contributed by atoms with van der Waals surface area (Å²) in [6.07, 6.45) is 0.776. The van der Waals surface area contributed by atoms with Gasteiger partial charge in [-0.15, -0.1) is 6.58 Å². The average molecular weight is 206 g/mol. The fraction of sp³-hybridized carbons (Fsp3) is 0.250. The largest absolute Gasteiger partial charge is 0.481 e. The number of carbonyl (C=O) groups is 1. The number of hydrogen-bond acceptors (Lipinski definition) is 2. The highest BCUT2D eigenvalue weighted by atomic mass is 16.4. The van der Waals surface area contributed by atoms with Crippen molar-refractivity contribution in [3.63, 3.8) is 0 Å². The van der Waals surface area contributed by atoms with Crippen LogP contribution in [0.3, 0.4) is 0 Å². The Morgan fingerprint density at radius 2 is 2.00 bits per heavy atom. The van der Waals surface area contributed by atoms with Crippen molar-refractivity contribution in [1.29, 1.82) is 0 Å². The summed E-state index contributed by atoms with van der Waals surface area (Å²) in [5, 5.41) is 18.8. The maximum atomic E-state index is 10.9. The van der Waals surface area contributed by atoms with E-state index in [0.29, 0.717) is 5.56 Å². The van der Waals surface area contributed by atoms with Gasteiger partial charge in [0.2, 0.25) is 0 Å². The van der Waals surface area contributed by atoms with Crippen LogP contribution in [0.5, 0.6) is 0 Å². The van der Waals surface area contributed by atoms with E-state index in [9.17, 15) is 9.90 Å². The van der Waals surface area contributed by atoms with E-state index in [4.69, 9.17) is 5.11 Å². The van der Waals surface area contributed by atoms with Crippen molar-refractivity contribution in [2.45, 2.75) is 12.5 Å². The van der Waals surface area contributed by atoms with Crippen molar-refractivity contribution >= 4 is 5.97 Å². The minimum absolute atomic E-state index is 0.255. The third kappa shape index (κ3) is 2.92. The number of hydrogen-bond donors (Lipinski definition) is 2. The van der Waals surface area contributed by atoms with Gasteiger partial charge in [-0.3, -0.25) is 4.79 Å². The number of carboxylic acid groups (broad SMARTS) is 1. The van der Waals surface area contributed by atoms with Crippen molar-refractivity contribution in [3.05, 3.63) is 48.6 Å². The third-order valence-corrected chi connectivity index (χ3v) is 2.26. The van der Waals surface area contributed by atoms with Crippen LogP contribution in [-0.2, 0) is 4.79 Å². The maximum absolute atomic E-state index is 10.9. The second kappa shape index (κ2) is 5.32. The van der Waals surface area contributed by atoms with Crippen LogP contribution in [0.25, 0.3) is 0 Å². The lowest BCUT2D eigenvalue weighted by Crippen LogP contribution is -2.21. The summed E-state index contributed by atoms with van der Waals surface area (Å²) < 4.78 is 0. The van der Waals surface area contributed by atoms with Crippen molar-refractivity contribution in [2.24, 2.45) is 5.92 Å². The summed E-state index contributed by atoms with van der Waals surface area (Å²) in [7, 11) is 0. The predicted octanol–water partition coefficient (Wildman–Crippen LogP) is 2.00. The van der Waals surface area contributed by atoms with Crippen molar-refractivity contribution in [3.8, 4) is 0 Å².